The SMILES string of the molecule is O=S(=O)(NC1CCC1)c1ccccc1Nc1nc(Nc2ccc(N3CCCC3)cc2O)ncc1Cl. The molecule has 184 valence electrons. The van der Waals surface area contributed by atoms with Gasteiger partial charge in [-0.2, -0.15) is 4.98 Å². The lowest BCUT2D eigenvalue weighted by Crippen LogP contribution is -2.39. The van der Waals surface area contributed by atoms with Gasteiger partial charge in [0.2, 0.25) is 16.0 Å². The maximum atomic E-state index is 12.9. The molecule has 2 heterocycles. The predicted molar refractivity (Wildman–Crippen MR) is 138 cm³/mol. The highest BCUT2D eigenvalue weighted by Gasteiger charge is 2.26. The minimum absolute atomic E-state index is 0.0315. The number of nitrogens with one attached hydrogen (secondary N) is 3. The van der Waals surface area contributed by atoms with Crippen molar-refractivity contribution >= 4 is 50.5 Å². The van der Waals surface area contributed by atoms with Crippen molar-refractivity contribution in [1.82, 2.24) is 14.7 Å². The summed E-state index contributed by atoms with van der Waals surface area (Å²) in [6.07, 6.45) is 6.42. The van der Waals surface area contributed by atoms with Crippen molar-refractivity contribution in [3.05, 3.63) is 53.7 Å². The van der Waals surface area contributed by atoms with E-state index in [-0.39, 0.29) is 33.5 Å². The van der Waals surface area contributed by atoms with Gasteiger partial charge < -0.3 is 20.6 Å². The van der Waals surface area contributed by atoms with Crippen molar-refractivity contribution in [1.29, 1.82) is 0 Å². The summed E-state index contributed by atoms with van der Waals surface area (Å²) in [6.45, 7) is 1.96. The Morgan fingerprint density at radius 1 is 1.00 bits per heavy atom. The Balaban J connectivity index is 1.36. The number of aromatic hydroxyl groups is 1. The maximum Gasteiger partial charge on any atom is 0.242 e. The molecule has 1 saturated heterocycles. The van der Waals surface area contributed by atoms with E-state index < -0.39 is 10.0 Å². The van der Waals surface area contributed by atoms with Gasteiger partial charge in [-0.05, 0) is 49.9 Å². The fourth-order valence-electron chi connectivity index (χ4n) is 4.17. The topological polar surface area (TPSA) is 119 Å². The Labute approximate surface area is 209 Å². The number of nitrogens with zero attached hydrogens (tertiary/aromatic N) is 3. The van der Waals surface area contributed by atoms with Crippen molar-refractivity contribution in [2.45, 2.75) is 43.0 Å². The van der Waals surface area contributed by atoms with Gasteiger partial charge in [0.1, 0.15) is 15.7 Å². The van der Waals surface area contributed by atoms with Crippen LogP contribution < -0.4 is 20.3 Å². The molecule has 0 bridgehead atoms. The van der Waals surface area contributed by atoms with Crippen LogP contribution in [0, 0.1) is 0 Å². The van der Waals surface area contributed by atoms with E-state index in [1.807, 2.05) is 6.07 Å². The molecule has 2 fully saturated rings. The molecule has 5 rings (SSSR count). The number of sulfonamides is 1. The molecule has 1 aromatic heterocycles. The molecule has 1 aliphatic heterocycles. The lowest BCUT2D eigenvalue weighted by molar-refractivity contribution is 0.383. The number of anilines is 5. The van der Waals surface area contributed by atoms with Gasteiger partial charge >= 0.3 is 0 Å². The van der Waals surface area contributed by atoms with Crippen molar-refractivity contribution in [2.24, 2.45) is 0 Å². The molecule has 0 atom stereocenters. The summed E-state index contributed by atoms with van der Waals surface area (Å²) >= 11 is 6.32. The zero-order valence-electron chi connectivity index (χ0n) is 19.0. The van der Waals surface area contributed by atoms with Gasteiger partial charge in [0, 0.05) is 30.9 Å². The number of halogens is 1. The average molecular weight is 515 g/mol. The van der Waals surface area contributed by atoms with Crippen LogP contribution in [0.2, 0.25) is 5.02 Å². The molecule has 4 N–H and O–H groups in total. The van der Waals surface area contributed by atoms with Crippen LogP contribution in [-0.2, 0) is 10.0 Å². The molecule has 0 unspecified atom stereocenters. The van der Waals surface area contributed by atoms with E-state index in [1.54, 1.807) is 30.3 Å². The molecule has 2 aromatic carbocycles. The molecule has 3 aromatic rings. The van der Waals surface area contributed by atoms with E-state index in [0.717, 1.165) is 50.9 Å². The summed E-state index contributed by atoms with van der Waals surface area (Å²) in [7, 11) is -3.71. The lowest BCUT2D eigenvalue weighted by atomic mass is 9.94. The highest BCUT2D eigenvalue weighted by atomic mass is 35.5. The number of phenolic OH excluding ortho intramolecular Hbond substituents is 1. The number of benzene rings is 2. The lowest BCUT2D eigenvalue weighted by Gasteiger charge is -2.26. The Hall–Kier alpha value is -3.08. The Kier molecular flexibility index (Phi) is 6.68. The van der Waals surface area contributed by atoms with Crippen molar-refractivity contribution < 1.29 is 13.5 Å². The van der Waals surface area contributed by atoms with E-state index in [1.165, 1.54) is 12.3 Å². The van der Waals surface area contributed by atoms with Crippen molar-refractivity contribution in [3.8, 4) is 5.75 Å². The second kappa shape index (κ2) is 9.88. The summed E-state index contributed by atoms with van der Waals surface area (Å²) in [5, 5.41) is 16.8. The first-order chi connectivity index (χ1) is 16.9. The van der Waals surface area contributed by atoms with Crippen LogP contribution >= 0.6 is 11.6 Å². The Bertz CT molecular complexity index is 1330. The fourth-order valence-corrected chi connectivity index (χ4v) is 5.78. The molecule has 9 nitrogen and oxygen atoms in total. The second-order valence-corrected chi connectivity index (χ2v) is 10.9. The van der Waals surface area contributed by atoms with Crippen LogP contribution in [0.15, 0.2) is 53.6 Å². The van der Waals surface area contributed by atoms with Gasteiger partial charge in [0.05, 0.1) is 17.6 Å². The van der Waals surface area contributed by atoms with Gasteiger partial charge in [-0.1, -0.05) is 30.2 Å². The van der Waals surface area contributed by atoms with Gasteiger partial charge in [-0.25, -0.2) is 18.1 Å². The smallest absolute Gasteiger partial charge is 0.242 e. The monoisotopic (exact) mass is 514 g/mol. The molecule has 0 radical (unpaired) electrons. The van der Waals surface area contributed by atoms with Crippen LogP contribution in [0.4, 0.5) is 28.8 Å². The van der Waals surface area contributed by atoms with Crippen LogP contribution in [0.5, 0.6) is 5.75 Å². The van der Waals surface area contributed by atoms with Gasteiger partial charge in [0.25, 0.3) is 0 Å². The second-order valence-electron chi connectivity index (χ2n) is 8.78. The van der Waals surface area contributed by atoms with E-state index in [9.17, 15) is 13.5 Å². The fraction of sp³-hybridized carbons (Fsp3) is 0.333. The average Bonchev–Trinajstić information content (AvgIpc) is 3.35. The zero-order chi connectivity index (χ0) is 24.4. The first-order valence-corrected chi connectivity index (χ1v) is 13.5. The van der Waals surface area contributed by atoms with E-state index in [2.05, 4.69) is 30.2 Å². The summed E-state index contributed by atoms with van der Waals surface area (Å²) < 4.78 is 28.6. The molecule has 0 amide bonds. The number of aromatic nitrogens is 2. The Morgan fingerprint density at radius 2 is 1.77 bits per heavy atom. The molecule has 35 heavy (non-hydrogen) atoms. The number of phenols is 1. The van der Waals surface area contributed by atoms with Crippen LogP contribution in [0.1, 0.15) is 32.1 Å². The van der Waals surface area contributed by atoms with E-state index in [0.29, 0.717) is 11.4 Å². The van der Waals surface area contributed by atoms with E-state index >= 15 is 0 Å². The van der Waals surface area contributed by atoms with Gasteiger partial charge in [-0.3, -0.25) is 0 Å². The van der Waals surface area contributed by atoms with Gasteiger partial charge in [0.15, 0.2) is 5.82 Å². The third kappa shape index (κ3) is 5.29. The third-order valence-corrected chi connectivity index (χ3v) is 8.15. The molecular formula is C24H27ClN6O3S. The predicted octanol–water partition coefficient (Wildman–Crippen LogP) is 4.75. The molecule has 1 saturated carbocycles. The normalized spacial score (nSPS) is 16.2. The maximum absolute atomic E-state index is 12.9. The van der Waals surface area contributed by atoms with Crippen LogP contribution in [0.25, 0.3) is 0 Å². The summed E-state index contributed by atoms with van der Waals surface area (Å²) in [5.74, 6) is 0.527. The summed E-state index contributed by atoms with van der Waals surface area (Å²) in [5.41, 5.74) is 1.77. The number of hydrogen-bond donors (Lipinski definition) is 4. The van der Waals surface area contributed by atoms with Gasteiger partial charge in [-0.15, -0.1) is 0 Å². The van der Waals surface area contributed by atoms with E-state index in [4.69, 9.17) is 11.6 Å². The highest BCUT2D eigenvalue weighted by molar-refractivity contribution is 7.89. The van der Waals surface area contributed by atoms with Crippen LogP contribution in [-0.4, -0.2) is 42.6 Å². The minimum atomic E-state index is -3.71. The summed E-state index contributed by atoms with van der Waals surface area (Å²) in [4.78, 5) is 11.0. The number of hydrogen-bond acceptors (Lipinski definition) is 8. The number of rotatable bonds is 8. The number of para-hydroxylation sites is 1. The van der Waals surface area contributed by atoms with Crippen LogP contribution in [0.3, 0.4) is 0 Å². The summed E-state index contributed by atoms with van der Waals surface area (Å²) in [6, 6.07) is 12.0. The third-order valence-electron chi connectivity index (χ3n) is 6.30. The molecule has 11 heteroatoms. The molecule has 0 spiro atoms. The Morgan fingerprint density at radius 3 is 2.49 bits per heavy atom. The first-order valence-electron chi connectivity index (χ1n) is 11.6. The molecule has 1 aliphatic carbocycles. The largest absolute Gasteiger partial charge is 0.506 e. The van der Waals surface area contributed by atoms with Crippen molar-refractivity contribution in [2.75, 3.05) is 28.6 Å². The zero-order valence-corrected chi connectivity index (χ0v) is 20.6. The molecule has 2 aliphatic rings. The molecular weight excluding hydrogens is 488 g/mol. The van der Waals surface area contributed by atoms with Crippen molar-refractivity contribution in [3.63, 3.8) is 0 Å². The quantitative estimate of drug-likeness (QED) is 0.318. The highest BCUT2D eigenvalue weighted by Crippen LogP contribution is 2.33. The minimum Gasteiger partial charge on any atom is -0.506 e. The standard InChI is InChI=1S/C24H27ClN6O3S/c25-18-15-26-24(28-19-11-10-17(14-21(19)32)31-12-3-4-13-31)29-23(18)27-20-8-1-2-9-22(20)35(33,34)30-16-6-5-7-16/h1-2,8-11,14-16,30,32H,3-7,12-13H2,(H2,26,27,28,29). The first kappa shape index (κ1) is 23.7.